The van der Waals surface area contributed by atoms with E-state index in [9.17, 15) is 5.26 Å². The molecule has 1 fully saturated rings. The second-order valence-electron chi connectivity index (χ2n) is 4.95. The highest BCUT2D eigenvalue weighted by Gasteiger charge is 2.36. The van der Waals surface area contributed by atoms with E-state index in [0.717, 1.165) is 17.9 Å². The number of hydrogen-bond donors (Lipinski definition) is 1. The molecule has 0 bridgehead atoms. The Morgan fingerprint density at radius 3 is 3.00 bits per heavy atom. The van der Waals surface area contributed by atoms with E-state index in [4.69, 9.17) is 16.3 Å². The minimum absolute atomic E-state index is 0.0114. The van der Waals surface area contributed by atoms with Gasteiger partial charge in [-0.25, -0.2) is 0 Å². The average Bonchev–Trinajstić information content (AvgIpc) is 3.15. The van der Waals surface area contributed by atoms with Crippen LogP contribution >= 0.6 is 11.6 Å². The first-order chi connectivity index (χ1) is 10.2. The van der Waals surface area contributed by atoms with Crippen molar-refractivity contribution in [1.82, 2.24) is 15.4 Å². The molecular weight excluding hydrogens is 290 g/mol. The minimum Gasteiger partial charge on any atom is -0.379 e. The van der Waals surface area contributed by atoms with Gasteiger partial charge in [0, 0.05) is 25.2 Å². The SMILES string of the molecule is CO[C@@H]1CN(c2ccc(Cl)cc2C#N)C[C@H]1c1cn[nH]n1. The van der Waals surface area contributed by atoms with Gasteiger partial charge >= 0.3 is 0 Å². The molecule has 1 N–H and O–H groups in total. The van der Waals surface area contributed by atoms with E-state index < -0.39 is 0 Å². The van der Waals surface area contributed by atoms with Gasteiger partial charge in [-0.05, 0) is 18.2 Å². The summed E-state index contributed by atoms with van der Waals surface area (Å²) < 4.78 is 5.56. The van der Waals surface area contributed by atoms with E-state index in [1.54, 1.807) is 25.4 Å². The maximum Gasteiger partial charge on any atom is 0.101 e. The molecule has 21 heavy (non-hydrogen) atoms. The Labute approximate surface area is 127 Å². The smallest absolute Gasteiger partial charge is 0.101 e. The lowest BCUT2D eigenvalue weighted by molar-refractivity contribution is 0.106. The van der Waals surface area contributed by atoms with Gasteiger partial charge in [0.05, 0.1) is 35.2 Å². The Kier molecular flexibility index (Phi) is 3.78. The van der Waals surface area contributed by atoms with Gasteiger partial charge in [0.2, 0.25) is 0 Å². The lowest BCUT2D eigenvalue weighted by Gasteiger charge is -2.19. The Balaban J connectivity index is 1.90. The molecular formula is C14H14ClN5O. The van der Waals surface area contributed by atoms with Gasteiger partial charge in [-0.3, -0.25) is 0 Å². The molecule has 3 rings (SSSR count). The number of nitriles is 1. The Bertz CT molecular complexity index is 666. The van der Waals surface area contributed by atoms with Crippen LogP contribution in [0.3, 0.4) is 0 Å². The van der Waals surface area contributed by atoms with E-state index in [-0.39, 0.29) is 12.0 Å². The van der Waals surface area contributed by atoms with Crippen LogP contribution < -0.4 is 4.90 Å². The lowest BCUT2D eigenvalue weighted by Crippen LogP contribution is -2.23. The van der Waals surface area contributed by atoms with Crippen LogP contribution in [0.25, 0.3) is 0 Å². The normalized spacial score (nSPS) is 21.5. The Morgan fingerprint density at radius 2 is 2.33 bits per heavy atom. The summed E-state index contributed by atoms with van der Waals surface area (Å²) >= 11 is 5.95. The molecule has 2 aromatic rings. The number of rotatable bonds is 3. The third kappa shape index (κ3) is 2.58. The third-order valence-electron chi connectivity index (χ3n) is 3.80. The molecule has 1 aliphatic rings. The fourth-order valence-corrected chi connectivity index (χ4v) is 2.93. The predicted molar refractivity (Wildman–Crippen MR) is 78.3 cm³/mol. The summed E-state index contributed by atoms with van der Waals surface area (Å²) in [4.78, 5) is 2.13. The van der Waals surface area contributed by atoms with Crippen LogP contribution in [0, 0.1) is 11.3 Å². The number of halogens is 1. The summed E-state index contributed by atoms with van der Waals surface area (Å²) in [6.45, 7) is 1.42. The van der Waals surface area contributed by atoms with Gasteiger partial charge in [-0.1, -0.05) is 11.6 Å². The molecule has 2 heterocycles. The van der Waals surface area contributed by atoms with Gasteiger partial charge in [0.25, 0.3) is 0 Å². The predicted octanol–water partition coefficient (Wildman–Crippen LogP) is 1.95. The molecule has 1 aromatic carbocycles. The maximum absolute atomic E-state index is 9.28. The molecule has 0 amide bonds. The zero-order valence-corrected chi connectivity index (χ0v) is 12.2. The number of methoxy groups -OCH3 is 1. The number of benzene rings is 1. The van der Waals surface area contributed by atoms with Crippen molar-refractivity contribution in [3.8, 4) is 6.07 Å². The molecule has 1 aliphatic heterocycles. The average molecular weight is 304 g/mol. The number of nitrogens with zero attached hydrogens (tertiary/aromatic N) is 4. The van der Waals surface area contributed by atoms with E-state index in [0.29, 0.717) is 17.1 Å². The van der Waals surface area contributed by atoms with Crippen molar-refractivity contribution in [2.75, 3.05) is 25.1 Å². The summed E-state index contributed by atoms with van der Waals surface area (Å²) in [7, 11) is 1.69. The number of nitrogens with one attached hydrogen (secondary N) is 1. The molecule has 0 aliphatic carbocycles. The standard InChI is InChI=1S/C14H14ClN5O/c1-21-14-8-20(7-11(14)12-6-17-19-18-12)13-3-2-10(15)4-9(13)5-16/h2-4,6,11,14H,7-8H2,1H3,(H,17,18,19)/t11-,14+/m0/s1. The highest BCUT2D eigenvalue weighted by Crippen LogP contribution is 2.33. The lowest BCUT2D eigenvalue weighted by atomic mass is 10.0. The third-order valence-corrected chi connectivity index (χ3v) is 4.04. The van der Waals surface area contributed by atoms with Crippen molar-refractivity contribution in [1.29, 1.82) is 5.26 Å². The summed E-state index contributed by atoms with van der Waals surface area (Å²) in [6, 6.07) is 7.55. The first-order valence-corrected chi connectivity index (χ1v) is 6.93. The molecule has 0 saturated carbocycles. The number of aromatic nitrogens is 3. The summed E-state index contributed by atoms with van der Waals surface area (Å²) in [5.41, 5.74) is 2.31. The molecule has 108 valence electrons. The second kappa shape index (κ2) is 5.72. The van der Waals surface area contributed by atoms with Crippen molar-refractivity contribution in [2.24, 2.45) is 0 Å². The molecule has 0 unspecified atom stereocenters. The molecule has 2 atom stereocenters. The molecule has 0 radical (unpaired) electrons. The van der Waals surface area contributed by atoms with Crippen LogP contribution in [0.1, 0.15) is 17.2 Å². The molecule has 1 aromatic heterocycles. The maximum atomic E-state index is 9.28. The van der Waals surface area contributed by atoms with E-state index in [1.165, 1.54) is 0 Å². The van der Waals surface area contributed by atoms with Crippen molar-refractivity contribution >= 4 is 17.3 Å². The Morgan fingerprint density at radius 1 is 1.48 bits per heavy atom. The van der Waals surface area contributed by atoms with Gasteiger partial charge in [-0.2, -0.15) is 20.7 Å². The zero-order valence-electron chi connectivity index (χ0n) is 11.5. The Hall–Kier alpha value is -2.10. The molecule has 7 heteroatoms. The van der Waals surface area contributed by atoms with Crippen molar-refractivity contribution in [3.05, 3.63) is 40.7 Å². The van der Waals surface area contributed by atoms with Gasteiger partial charge < -0.3 is 9.64 Å². The quantitative estimate of drug-likeness (QED) is 0.937. The fourth-order valence-electron chi connectivity index (χ4n) is 2.76. The summed E-state index contributed by atoms with van der Waals surface area (Å²) in [6.07, 6.45) is 1.73. The van der Waals surface area contributed by atoms with Crippen LogP contribution in [0.2, 0.25) is 5.02 Å². The van der Waals surface area contributed by atoms with E-state index in [1.807, 2.05) is 6.07 Å². The largest absolute Gasteiger partial charge is 0.379 e. The monoisotopic (exact) mass is 303 g/mol. The van der Waals surface area contributed by atoms with Gasteiger partial charge in [0.15, 0.2) is 0 Å². The first kappa shape index (κ1) is 13.9. The fraction of sp³-hybridized carbons (Fsp3) is 0.357. The zero-order chi connectivity index (χ0) is 14.8. The van der Waals surface area contributed by atoms with Crippen LogP contribution in [0.15, 0.2) is 24.4 Å². The molecule has 0 spiro atoms. The van der Waals surface area contributed by atoms with Crippen LogP contribution in [0.5, 0.6) is 0 Å². The number of anilines is 1. The minimum atomic E-state index is 0.0114. The summed E-state index contributed by atoms with van der Waals surface area (Å²) in [5.74, 6) is 0.121. The number of H-pyrrole nitrogens is 1. The molecule has 6 nitrogen and oxygen atoms in total. The van der Waals surface area contributed by atoms with Crippen molar-refractivity contribution < 1.29 is 4.74 Å². The second-order valence-corrected chi connectivity index (χ2v) is 5.39. The van der Waals surface area contributed by atoms with Crippen molar-refractivity contribution in [2.45, 2.75) is 12.0 Å². The highest BCUT2D eigenvalue weighted by molar-refractivity contribution is 6.30. The number of hydrogen-bond acceptors (Lipinski definition) is 5. The van der Waals surface area contributed by atoms with E-state index in [2.05, 4.69) is 26.4 Å². The number of ether oxygens (including phenoxy) is 1. The van der Waals surface area contributed by atoms with Crippen LogP contribution in [-0.2, 0) is 4.74 Å². The van der Waals surface area contributed by atoms with Gasteiger partial charge in [-0.15, -0.1) is 0 Å². The molecule has 1 saturated heterocycles. The first-order valence-electron chi connectivity index (χ1n) is 6.56. The highest BCUT2D eigenvalue weighted by atomic mass is 35.5. The number of aromatic amines is 1. The summed E-state index contributed by atoms with van der Waals surface area (Å²) in [5, 5.41) is 20.5. The topological polar surface area (TPSA) is 77.8 Å². The van der Waals surface area contributed by atoms with Gasteiger partial charge in [0.1, 0.15) is 6.07 Å². The van der Waals surface area contributed by atoms with Crippen molar-refractivity contribution in [3.63, 3.8) is 0 Å². The van der Waals surface area contributed by atoms with E-state index >= 15 is 0 Å². The van der Waals surface area contributed by atoms with Crippen LogP contribution in [-0.4, -0.2) is 41.7 Å². The van der Waals surface area contributed by atoms with Crippen LogP contribution in [0.4, 0.5) is 5.69 Å².